The van der Waals surface area contributed by atoms with E-state index in [4.69, 9.17) is 5.11 Å². The highest BCUT2D eigenvalue weighted by Crippen LogP contribution is 2.12. The van der Waals surface area contributed by atoms with Crippen LogP contribution in [0.4, 0.5) is 0 Å². The van der Waals surface area contributed by atoms with E-state index in [0.717, 1.165) is 0 Å². The van der Waals surface area contributed by atoms with E-state index in [2.05, 4.69) is 5.32 Å². The first-order valence-corrected chi connectivity index (χ1v) is 5.77. The lowest BCUT2D eigenvalue weighted by Gasteiger charge is -2.24. The molecular weight excluding hydrogens is 206 g/mol. The van der Waals surface area contributed by atoms with Crippen molar-refractivity contribution in [2.24, 2.45) is 17.8 Å². The lowest BCUT2D eigenvalue weighted by Crippen LogP contribution is -2.43. The summed E-state index contributed by atoms with van der Waals surface area (Å²) in [5.74, 6) is -0.641. The molecule has 0 aliphatic heterocycles. The number of amides is 1. The maximum atomic E-state index is 11.8. The Morgan fingerprint density at radius 2 is 1.56 bits per heavy atom. The van der Waals surface area contributed by atoms with Crippen molar-refractivity contribution < 1.29 is 14.7 Å². The number of carboxylic acids is 1. The van der Waals surface area contributed by atoms with E-state index in [1.165, 1.54) is 0 Å². The molecule has 16 heavy (non-hydrogen) atoms. The van der Waals surface area contributed by atoms with E-state index in [1.807, 2.05) is 34.6 Å². The molecule has 0 aliphatic rings. The maximum Gasteiger partial charge on any atom is 0.305 e. The Morgan fingerprint density at radius 1 is 1.06 bits per heavy atom. The Hall–Kier alpha value is -1.06. The number of aliphatic carboxylic acids is 1. The molecule has 2 unspecified atom stereocenters. The van der Waals surface area contributed by atoms with E-state index in [1.54, 1.807) is 0 Å². The van der Waals surface area contributed by atoms with Crippen LogP contribution < -0.4 is 5.32 Å². The van der Waals surface area contributed by atoms with Crippen LogP contribution >= 0.6 is 0 Å². The number of rotatable bonds is 6. The number of hydrogen-bond donors (Lipinski definition) is 2. The predicted molar refractivity (Wildman–Crippen MR) is 63.0 cm³/mol. The van der Waals surface area contributed by atoms with Crippen molar-refractivity contribution in [2.45, 2.75) is 47.1 Å². The third-order valence-corrected chi connectivity index (χ3v) is 2.94. The Morgan fingerprint density at radius 3 is 1.88 bits per heavy atom. The Bertz CT molecular complexity index is 249. The fourth-order valence-electron chi connectivity index (χ4n) is 1.26. The van der Waals surface area contributed by atoms with E-state index >= 15 is 0 Å². The average Bonchev–Trinajstić information content (AvgIpc) is 2.14. The quantitative estimate of drug-likeness (QED) is 0.731. The van der Waals surface area contributed by atoms with Gasteiger partial charge in [0.1, 0.15) is 0 Å². The molecule has 0 saturated heterocycles. The highest BCUT2D eigenvalue weighted by atomic mass is 16.4. The summed E-state index contributed by atoms with van der Waals surface area (Å²) in [5.41, 5.74) is 0. The number of carbonyl (C=O) groups excluding carboxylic acids is 1. The van der Waals surface area contributed by atoms with Gasteiger partial charge in [0.15, 0.2) is 0 Å². The summed E-state index contributed by atoms with van der Waals surface area (Å²) >= 11 is 0. The molecule has 2 atom stereocenters. The molecule has 0 heterocycles. The molecule has 2 N–H and O–H groups in total. The van der Waals surface area contributed by atoms with Crippen molar-refractivity contribution in [3.05, 3.63) is 0 Å². The van der Waals surface area contributed by atoms with Gasteiger partial charge in [-0.25, -0.2) is 0 Å². The van der Waals surface area contributed by atoms with Gasteiger partial charge in [0.2, 0.25) is 5.91 Å². The van der Waals surface area contributed by atoms with Gasteiger partial charge in [-0.15, -0.1) is 0 Å². The Labute approximate surface area is 97.4 Å². The number of nitrogens with one attached hydrogen (secondary N) is 1. The third-order valence-electron chi connectivity index (χ3n) is 2.94. The summed E-state index contributed by atoms with van der Waals surface area (Å²) < 4.78 is 0. The minimum Gasteiger partial charge on any atom is -0.481 e. The summed E-state index contributed by atoms with van der Waals surface area (Å²) in [4.78, 5) is 22.4. The number of carboxylic acid groups (broad SMARTS) is 1. The van der Waals surface area contributed by atoms with Crippen LogP contribution in [0.15, 0.2) is 0 Å². The van der Waals surface area contributed by atoms with Crippen LogP contribution in [0.1, 0.15) is 41.0 Å². The predicted octanol–water partition coefficient (Wildman–Crippen LogP) is 1.89. The summed E-state index contributed by atoms with van der Waals surface area (Å²) in [6, 6.07) is -0.286. The van der Waals surface area contributed by atoms with Gasteiger partial charge in [0.25, 0.3) is 0 Å². The van der Waals surface area contributed by atoms with Gasteiger partial charge >= 0.3 is 5.97 Å². The summed E-state index contributed by atoms with van der Waals surface area (Å²) in [6.07, 6.45) is -0.0196. The van der Waals surface area contributed by atoms with Crippen LogP contribution in [0.25, 0.3) is 0 Å². The van der Waals surface area contributed by atoms with Gasteiger partial charge in [0, 0.05) is 12.0 Å². The van der Waals surface area contributed by atoms with Crippen LogP contribution in [0.3, 0.4) is 0 Å². The molecule has 94 valence electrons. The molecule has 0 aliphatic carbocycles. The lowest BCUT2D eigenvalue weighted by atomic mass is 9.95. The molecule has 4 heteroatoms. The van der Waals surface area contributed by atoms with Crippen molar-refractivity contribution in [1.82, 2.24) is 5.32 Å². The molecule has 0 rings (SSSR count). The molecule has 0 saturated carbocycles. The smallest absolute Gasteiger partial charge is 0.305 e. The fraction of sp³-hybridized carbons (Fsp3) is 0.833. The second kappa shape index (κ2) is 6.51. The molecule has 0 spiro atoms. The van der Waals surface area contributed by atoms with Crippen molar-refractivity contribution >= 4 is 11.9 Å². The molecular formula is C12H23NO3. The molecule has 0 radical (unpaired) electrons. The minimum atomic E-state index is -0.879. The average molecular weight is 229 g/mol. The van der Waals surface area contributed by atoms with Crippen molar-refractivity contribution in [2.75, 3.05) is 0 Å². The normalized spacial score (nSPS) is 14.9. The molecule has 0 bridgehead atoms. The second-order valence-electron chi connectivity index (χ2n) is 4.99. The molecule has 0 aromatic rings. The first-order chi connectivity index (χ1) is 7.25. The molecule has 1 amide bonds. The van der Waals surface area contributed by atoms with E-state index in [9.17, 15) is 9.59 Å². The van der Waals surface area contributed by atoms with E-state index < -0.39 is 5.97 Å². The highest BCUT2D eigenvalue weighted by molar-refractivity contribution is 5.79. The summed E-state index contributed by atoms with van der Waals surface area (Å²) in [5, 5.41) is 11.6. The van der Waals surface area contributed by atoms with Crippen LogP contribution in [0, 0.1) is 17.8 Å². The Kier molecular flexibility index (Phi) is 6.08. The van der Waals surface area contributed by atoms with Gasteiger partial charge in [-0.1, -0.05) is 34.6 Å². The van der Waals surface area contributed by atoms with Gasteiger partial charge in [0.05, 0.1) is 6.42 Å². The van der Waals surface area contributed by atoms with E-state index in [-0.39, 0.29) is 36.1 Å². The molecule has 0 aromatic heterocycles. The first kappa shape index (κ1) is 14.9. The van der Waals surface area contributed by atoms with Gasteiger partial charge in [-0.3, -0.25) is 9.59 Å². The lowest BCUT2D eigenvalue weighted by molar-refractivity contribution is -0.138. The molecule has 0 aromatic carbocycles. The molecule has 4 nitrogen and oxygen atoms in total. The van der Waals surface area contributed by atoms with Crippen molar-refractivity contribution in [3.8, 4) is 0 Å². The first-order valence-electron chi connectivity index (χ1n) is 5.77. The zero-order valence-electron chi connectivity index (χ0n) is 10.8. The van der Waals surface area contributed by atoms with Gasteiger partial charge in [-0.2, -0.15) is 0 Å². The number of hydrogen-bond acceptors (Lipinski definition) is 2. The SMILES string of the molecule is CC(C)C(CC(=O)O)NC(=O)C(C)C(C)C. The topological polar surface area (TPSA) is 66.4 Å². The van der Waals surface area contributed by atoms with Crippen LogP contribution in [0.2, 0.25) is 0 Å². The summed E-state index contributed by atoms with van der Waals surface area (Å²) in [6.45, 7) is 9.64. The van der Waals surface area contributed by atoms with Gasteiger partial charge < -0.3 is 10.4 Å². The zero-order valence-corrected chi connectivity index (χ0v) is 10.8. The Balaban J connectivity index is 4.40. The standard InChI is InChI=1S/C12H23NO3/c1-7(2)9(5)12(16)13-10(8(3)4)6-11(14)15/h7-10H,6H2,1-5H3,(H,13,16)(H,14,15). The maximum absolute atomic E-state index is 11.8. The molecule has 0 fully saturated rings. The van der Waals surface area contributed by atoms with Gasteiger partial charge in [-0.05, 0) is 11.8 Å². The highest BCUT2D eigenvalue weighted by Gasteiger charge is 2.23. The van der Waals surface area contributed by atoms with Crippen LogP contribution in [0.5, 0.6) is 0 Å². The fourth-order valence-corrected chi connectivity index (χ4v) is 1.26. The van der Waals surface area contributed by atoms with E-state index in [0.29, 0.717) is 0 Å². The zero-order chi connectivity index (χ0) is 12.9. The monoisotopic (exact) mass is 229 g/mol. The number of carbonyl (C=O) groups is 2. The largest absolute Gasteiger partial charge is 0.481 e. The summed E-state index contributed by atoms with van der Waals surface area (Å²) in [7, 11) is 0. The second-order valence-corrected chi connectivity index (χ2v) is 4.99. The van der Waals surface area contributed by atoms with Crippen molar-refractivity contribution in [3.63, 3.8) is 0 Å². The van der Waals surface area contributed by atoms with Crippen LogP contribution in [-0.4, -0.2) is 23.0 Å². The van der Waals surface area contributed by atoms with Crippen molar-refractivity contribution in [1.29, 1.82) is 0 Å². The van der Waals surface area contributed by atoms with Crippen LogP contribution in [-0.2, 0) is 9.59 Å². The third kappa shape index (κ3) is 5.14. The minimum absolute atomic E-state index is 0.0196.